The van der Waals surface area contributed by atoms with E-state index < -0.39 is 0 Å². The van der Waals surface area contributed by atoms with E-state index in [1.165, 1.54) is 69.8 Å². The fourth-order valence-electron chi connectivity index (χ4n) is 3.71. The molecule has 1 N–H and O–H groups in total. The smallest absolute Gasteiger partial charge is 0.309 e. The zero-order valence-corrected chi connectivity index (χ0v) is 16.9. The predicted octanol–water partition coefficient (Wildman–Crippen LogP) is 6.15. The summed E-state index contributed by atoms with van der Waals surface area (Å²) in [5.74, 6) is 0. The van der Waals surface area contributed by atoms with Gasteiger partial charge in [-0.2, -0.15) is 0 Å². The molecule has 3 nitrogen and oxygen atoms in total. The second kappa shape index (κ2) is 11.1. The summed E-state index contributed by atoms with van der Waals surface area (Å²) in [5, 5.41) is 0. The van der Waals surface area contributed by atoms with Crippen molar-refractivity contribution in [3.8, 4) is 11.3 Å². The molecule has 0 aliphatic heterocycles. The van der Waals surface area contributed by atoms with Gasteiger partial charge in [0.1, 0.15) is 0 Å². The van der Waals surface area contributed by atoms with Gasteiger partial charge in [-0.3, -0.25) is 4.57 Å². The molecule has 0 amide bonds. The van der Waals surface area contributed by atoms with Gasteiger partial charge in [0.15, 0.2) is 0 Å². The quantitative estimate of drug-likeness (QED) is 0.455. The van der Waals surface area contributed by atoms with Crippen LogP contribution in [0.2, 0.25) is 0 Å². The highest BCUT2D eigenvalue weighted by atomic mass is 16.1. The molecule has 0 saturated carbocycles. The van der Waals surface area contributed by atoms with Crippen LogP contribution in [0.5, 0.6) is 0 Å². The summed E-state index contributed by atoms with van der Waals surface area (Å²) < 4.78 is 1.69. The molecule has 0 radical (unpaired) electrons. The molecule has 2 aromatic rings. The Balaban J connectivity index is 1.66. The second-order valence-electron chi connectivity index (χ2n) is 7.59. The number of aryl methyl sites for hydroxylation is 2. The number of rotatable bonds is 12. The standard InChI is InChI=1S/C23H36N2O/c1-4-5-6-7-8-9-10-11-12-13-14-20-15-17-21(18-16-20)22-19(2)24-23(26)25(22)3/h15-18H,4-14H2,1-3H3,(H,24,26). The van der Waals surface area contributed by atoms with Crippen molar-refractivity contribution in [3.05, 3.63) is 46.0 Å². The van der Waals surface area contributed by atoms with E-state index in [1.807, 2.05) is 14.0 Å². The summed E-state index contributed by atoms with van der Waals surface area (Å²) in [6.07, 6.45) is 14.9. The minimum atomic E-state index is -0.0491. The molecule has 0 bridgehead atoms. The van der Waals surface area contributed by atoms with Crippen molar-refractivity contribution in [2.24, 2.45) is 7.05 Å². The van der Waals surface area contributed by atoms with Gasteiger partial charge in [-0.05, 0) is 25.3 Å². The van der Waals surface area contributed by atoms with Crippen LogP contribution in [0, 0.1) is 6.92 Å². The van der Waals surface area contributed by atoms with Crippen LogP contribution < -0.4 is 5.69 Å². The molecule has 3 heteroatoms. The SMILES string of the molecule is CCCCCCCCCCCCc1ccc(-c2c(C)[nH]c(=O)n2C)cc1. The van der Waals surface area contributed by atoms with Gasteiger partial charge in [-0.15, -0.1) is 0 Å². The fourth-order valence-corrected chi connectivity index (χ4v) is 3.71. The maximum Gasteiger partial charge on any atom is 0.325 e. The lowest BCUT2D eigenvalue weighted by Gasteiger charge is -2.06. The Morgan fingerprint density at radius 1 is 0.846 bits per heavy atom. The van der Waals surface area contributed by atoms with E-state index in [-0.39, 0.29) is 5.69 Å². The van der Waals surface area contributed by atoms with Crippen molar-refractivity contribution in [2.45, 2.75) is 84.5 Å². The molecule has 0 fully saturated rings. The number of hydrogen-bond acceptors (Lipinski definition) is 1. The average Bonchev–Trinajstić information content (AvgIpc) is 2.89. The van der Waals surface area contributed by atoms with Crippen molar-refractivity contribution < 1.29 is 0 Å². The maximum absolute atomic E-state index is 11.7. The Labute approximate surface area is 158 Å². The molecule has 1 aromatic carbocycles. The normalized spacial score (nSPS) is 11.2. The van der Waals surface area contributed by atoms with Gasteiger partial charge in [0.2, 0.25) is 0 Å². The molecule has 0 atom stereocenters. The lowest BCUT2D eigenvalue weighted by atomic mass is 10.0. The molecule has 0 spiro atoms. The van der Waals surface area contributed by atoms with Crippen LogP contribution in [0.1, 0.15) is 82.4 Å². The van der Waals surface area contributed by atoms with E-state index >= 15 is 0 Å². The zero-order chi connectivity index (χ0) is 18.8. The van der Waals surface area contributed by atoms with Gasteiger partial charge in [-0.25, -0.2) is 4.79 Å². The van der Waals surface area contributed by atoms with E-state index in [2.05, 4.69) is 36.2 Å². The van der Waals surface area contributed by atoms with Crippen molar-refractivity contribution in [2.75, 3.05) is 0 Å². The highest BCUT2D eigenvalue weighted by Crippen LogP contribution is 2.21. The van der Waals surface area contributed by atoms with Gasteiger partial charge in [0.25, 0.3) is 0 Å². The molecule has 1 heterocycles. The third-order valence-electron chi connectivity index (χ3n) is 5.34. The summed E-state index contributed by atoms with van der Waals surface area (Å²) >= 11 is 0. The average molecular weight is 357 g/mol. The van der Waals surface area contributed by atoms with Crippen LogP contribution in [-0.2, 0) is 13.5 Å². The first-order valence-corrected chi connectivity index (χ1v) is 10.5. The maximum atomic E-state index is 11.7. The molecule has 26 heavy (non-hydrogen) atoms. The Morgan fingerprint density at radius 3 is 1.88 bits per heavy atom. The molecule has 0 aliphatic carbocycles. The van der Waals surface area contributed by atoms with Crippen LogP contribution >= 0.6 is 0 Å². The number of nitrogens with one attached hydrogen (secondary N) is 1. The van der Waals surface area contributed by atoms with E-state index in [0.717, 1.165) is 23.4 Å². The third kappa shape index (κ3) is 6.19. The van der Waals surface area contributed by atoms with Crippen LogP contribution in [0.25, 0.3) is 11.3 Å². The summed E-state index contributed by atoms with van der Waals surface area (Å²) in [4.78, 5) is 14.6. The number of hydrogen-bond donors (Lipinski definition) is 1. The van der Waals surface area contributed by atoms with Crippen LogP contribution in [0.3, 0.4) is 0 Å². The summed E-state index contributed by atoms with van der Waals surface area (Å²) in [6, 6.07) is 8.70. The van der Waals surface area contributed by atoms with E-state index in [0.29, 0.717) is 0 Å². The van der Waals surface area contributed by atoms with E-state index in [4.69, 9.17) is 0 Å². The largest absolute Gasteiger partial charge is 0.325 e. The lowest BCUT2D eigenvalue weighted by Crippen LogP contribution is -2.13. The minimum Gasteiger partial charge on any atom is -0.309 e. The zero-order valence-electron chi connectivity index (χ0n) is 16.9. The first-order valence-electron chi connectivity index (χ1n) is 10.5. The number of unbranched alkanes of at least 4 members (excludes halogenated alkanes) is 9. The highest BCUT2D eigenvalue weighted by Gasteiger charge is 2.09. The van der Waals surface area contributed by atoms with Crippen LogP contribution in [-0.4, -0.2) is 9.55 Å². The fraction of sp³-hybridized carbons (Fsp3) is 0.609. The topological polar surface area (TPSA) is 37.8 Å². The molecule has 0 aliphatic rings. The molecule has 144 valence electrons. The van der Waals surface area contributed by atoms with Gasteiger partial charge < -0.3 is 4.98 Å². The number of nitrogens with zero attached hydrogens (tertiary/aromatic N) is 1. The van der Waals surface area contributed by atoms with Crippen LogP contribution in [0.15, 0.2) is 29.1 Å². The molecular weight excluding hydrogens is 320 g/mol. The van der Waals surface area contributed by atoms with Crippen LogP contribution in [0.4, 0.5) is 0 Å². The number of aromatic amines is 1. The first-order chi connectivity index (χ1) is 12.6. The molecule has 2 rings (SSSR count). The number of benzene rings is 1. The van der Waals surface area contributed by atoms with Crippen molar-refractivity contribution in [1.82, 2.24) is 9.55 Å². The first kappa shape index (κ1) is 20.5. The van der Waals surface area contributed by atoms with Crippen molar-refractivity contribution in [1.29, 1.82) is 0 Å². The lowest BCUT2D eigenvalue weighted by molar-refractivity contribution is 0.556. The van der Waals surface area contributed by atoms with Gasteiger partial charge in [-0.1, -0.05) is 89.0 Å². The van der Waals surface area contributed by atoms with Crippen molar-refractivity contribution >= 4 is 0 Å². The summed E-state index contributed by atoms with van der Waals surface area (Å²) in [6.45, 7) is 4.23. The second-order valence-corrected chi connectivity index (χ2v) is 7.59. The molecule has 1 aromatic heterocycles. The number of aromatic nitrogens is 2. The van der Waals surface area contributed by atoms with Gasteiger partial charge in [0.05, 0.1) is 5.69 Å². The Bertz CT molecular complexity index is 694. The summed E-state index contributed by atoms with van der Waals surface area (Å²) in [5.41, 5.74) is 4.37. The monoisotopic (exact) mass is 356 g/mol. The summed E-state index contributed by atoms with van der Waals surface area (Å²) in [7, 11) is 1.82. The molecule has 0 saturated heterocycles. The predicted molar refractivity (Wildman–Crippen MR) is 112 cm³/mol. The highest BCUT2D eigenvalue weighted by molar-refractivity contribution is 5.62. The number of H-pyrrole nitrogens is 1. The van der Waals surface area contributed by atoms with E-state index in [1.54, 1.807) is 4.57 Å². The molecule has 0 unspecified atom stereocenters. The van der Waals surface area contributed by atoms with Gasteiger partial charge in [0, 0.05) is 18.3 Å². The Morgan fingerprint density at radius 2 is 1.38 bits per heavy atom. The van der Waals surface area contributed by atoms with E-state index in [9.17, 15) is 4.79 Å². The Hall–Kier alpha value is -1.77. The number of imidazole rings is 1. The minimum absolute atomic E-state index is 0.0491. The van der Waals surface area contributed by atoms with Gasteiger partial charge >= 0.3 is 5.69 Å². The third-order valence-corrected chi connectivity index (χ3v) is 5.34. The Kier molecular flexibility index (Phi) is 8.73. The molecular formula is C23H36N2O. The van der Waals surface area contributed by atoms with Crippen molar-refractivity contribution in [3.63, 3.8) is 0 Å².